The van der Waals surface area contributed by atoms with Gasteiger partial charge in [0.05, 0.1) is 20.8 Å². The fraction of sp³-hybridized carbons (Fsp3) is 0.571. The Balaban J connectivity index is 1.82. The van der Waals surface area contributed by atoms with Crippen molar-refractivity contribution in [2.45, 2.75) is 68.1 Å². The van der Waals surface area contributed by atoms with Crippen molar-refractivity contribution >= 4 is 21.3 Å². The van der Waals surface area contributed by atoms with Gasteiger partial charge in [0.25, 0.3) is 5.91 Å². The molecule has 1 amide bonds. The van der Waals surface area contributed by atoms with Crippen molar-refractivity contribution in [1.82, 2.24) is 14.8 Å². The smallest absolute Gasteiger partial charge is 0.320 e. The first-order valence-electron chi connectivity index (χ1n) is 10.7. The van der Waals surface area contributed by atoms with Gasteiger partial charge in [-0.3, -0.25) is 9.48 Å². The summed E-state index contributed by atoms with van der Waals surface area (Å²) in [6, 6.07) is 2.22. The van der Waals surface area contributed by atoms with Crippen molar-refractivity contribution < 1.29 is 39.7 Å². The Morgan fingerprint density at radius 2 is 1.89 bits per heavy atom. The van der Waals surface area contributed by atoms with E-state index < -0.39 is 81.3 Å². The molecule has 2 aromatic rings. The summed E-state index contributed by atoms with van der Waals surface area (Å²) in [6.07, 6.45) is -8.18. The van der Waals surface area contributed by atoms with Gasteiger partial charge >= 0.3 is 6.18 Å². The van der Waals surface area contributed by atoms with Crippen molar-refractivity contribution in [3.05, 3.63) is 35.3 Å². The number of rotatable bonds is 7. The van der Waals surface area contributed by atoms with Crippen LogP contribution in [0.25, 0.3) is 0 Å². The Kier molecular flexibility index (Phi) is 5.97. The van der Waals surface area contributed by atoms with Gasteiger partial charge in [-0.2, -0.15) is 18.3 Å². The predicted octanol–water partition coefficient (Wildman–Crippen LogP) is 5.32. The molecule has 36 heavy (non-hydrogen) atoms. The number of hydrogen-bond donors (Lipinski definition) is 2. The van der Waals surface area contributed by atoms with Gasteiger partial charge in [-0.05, 0) is 30.4 Å². The van der Waals surface area contributed by atoms with Gasteiger partial charge < -0.3 is 5.32 Å². The van der Waals surface area contributed by atoms with Crippen molar-refractivity contribution in [3.63, 3.8) is 0 Å². The molecule has 4 rings (SSSR count). The highest BCUT2D eigenvalue weighted by molar-refractivity contribution is 7.91. The zero-order valence-electron chi connectivity index (χ0n) is 19.1. The lowest BCUT2D eigenvalue weighted by molar-refractivity contribution is -0.160. The Labute approximate surface area is 201 Å². The van der Waals surface area contributed by atoms with Gasteiger partial charge in [0, 0.05) is 37.5 Å². The number of carbonyl (C=O) groups excluding carboxylic acids is 1. The molecule has 2 aliphatic rings. The third-order valence-electron chi connectivity index (χ3n) is 6.42. The highest BCUT2D eigenvalue weighted by atomic mass is 32.2. The molecule has 2 aromatic heterocycles. The standard InChI is InChI=1S/C21H22F7N5O2S/c1-18(8-20(24,25)9-18)10-33-14(16(34)31-11-3-6-30-12(7-11)36(2,29)35)13(21(26,27)28)15(32-33)19(4-5-19)17(22)23/h3,6-7,17,29H,4-5,8-10H2,1-2H3,(H,30,31,34)/t36-/m1/s1. The van der Waals surface area contributed by atoms with Crippen molar-refractivity contribution in [2.24, 2.45) is 5.41 Å². The SMILES string of the molecule is CC1(Cn2nc(C3(C(F)F)CC3)c(C(F)(F)F)c2C(=O)Nc2ccnc([S@](C)(=N)=O)c2)CC(F)(F)C1. The molecule has 2 fully saturated rings. The van der Waals surface area contributed by atoms with E-state index in [-0.39, 0.29) is 23.6 Å². The molecule has 2 N–H and O–H groups in total. The second kappa shape index (κ2) is 8.15. The number of alkyl halides is 7. The van der Waals surface area contributed by atoms with E-state index in [1.54, 1.807) is 0 Å². The Hall–Kier alpha value is -2.71. The summed E-state index contributed by atoms with van der Waals surface area (Å²) in [5.41, 5.74) is -7.24. The first kappa shape index (κ1) is 26.4. The zero-order valence-corrected chi connectivity index (χ0v) is 19.9. The Bertz CT molecular complexity index is 1310. The minimum Gasteiger partial charge on any atom is -0.320 e. The van der Waals surface area contributed by atoms with Crippen LogP contribution in [0.15, 0.2) is 23.4 Å². The summed E-state index contributed by atoms with van der Waals surface area (Å²) >= 11 is 0. The van der Waals surface area contributed by atoms with Gasteiger partial charge in [-0.1, -0.05) is 6.92 Å². The lowest BCUT2D eigenvalue weighted by Crippen LogP contribution is -2.47. The van der Waals surface area contributed by atoms with Gasteiger partial charge in [-0.25, -0.2) is 31.5 Å². The summed E-state index contributed by atoms with van der Waals surface area (Å²) in [5.74, 6) is -4.40. The molecule has 0 unspecified atom stereocenters. The fourth-order valence-corrected chi connectivity index (χ4v) is 5.29. The number of halogens is 7. The van der Waals surface area contributed by atoms with E-state index in [4.69, 9.17) is 4.78 Å². The van der Waals surface area contributed by atoms with Crippen molar-refractivity contribution in [2.75, 3.05) is 11.6 Å². The van der Waals surface area contributed by atoms with Crippen LogP contribution in [-0.2, 0) is 27.9 Å². The topological polar surface area (TPSA) is 101 Å². The number of anilines is 1. The first-order valence-corrected chi connectivity index (χ1v) is 12.7. The third kappa shape index (κ3) is 4.81. The van der Waals surface area contributed by atoms with Crippen LogP contribution < -0.4 is 5.32 Å². The number of carbonyl (C=O) groups is 1. The molecule has 15 heteroatoms. The predicted molar refractivity (Wildman–Crippen MR) is 114 cm³/mol. The van der Waals surface area contributed by atoms with E-state index in [9.17, 15) is 39.7 Å². The number of nitrogens with zero attached hydrogens (tertiary/aromatic N) is 3. The maximum absolute atomic E-state index is 14.2. The monoisotopic (exact) mass is 541 g/mol. The number of pyridine rings is 1. The first-order chi connectivity index (χ1) is 16.4. The highest BCUT2D eigenvalue weighted by Crippen LogP contribution is 2.57. The van der Waals surface area contributed by atoms with Gasteiger partial charge in [0.15, 0.2) is 0 Å². The van der Waals surface area contributed by atoms with E-state index in [2.05, 4.69) is 15.4 Å². The molecule has 0 spiro atoms. The quantitative estimate of drug-likeness (QED) is 0.464. The van der Waals surface area contributed by atoms with Crippen LogP contribution in [0.2, 0.25) is 0 Å². The molecule has 0 aliphatic heterocycles. The molecule has 1 atom stereocenters. The highest BCUT2D eigenvalue weighted by Gasteiger charge is 2.60. The molecular formula is C21H22F7N5O2S. The maximum Gasteiger partial charge on any atom is 0.420 e. The molecule has 198 valence electrons. The Morgan fingerprint density at radius 1 is 1.28 bits per heavy atom. The summed E-state index contributed by atoms with van der Waals surface area (Å²) < 4.78 is 118. The normalized spacial score (nSPS) is 21.5. The van der Waals surface area contributed by atoms with Crippen LogP contribution in [0.1, 0.15) is 54.4 Å². The molecular weight excluding hydrogens is 519 g/mol. The van der Waals surface area contributed by atoms with E-state index in [1.807, 2.05) is 0 Å². The molecule has 2 saturated carbocycles. The number of nitrogens with one attached hydrogen (secondary N) is 2. The molecule has 0 saturated heterocycles. The average molecular weight is 541 g/mol. The van der Waals surface area contributed by atoms with Crippen LogP contribution in [-0.4, -0.2) is 43.5 Å². The largest absolute Gasteiger partial charge is 0.420 e. The Morgan fingerprint density at radius 3 is 2.36 bits per heavy atom. The lowest BCUT2D eigenvalue weighted by atomic mass is 9.67. The van der Waals surface area contributed by atoms with Crippen LogP contribution in [0.4, 0.5) is 36.4 Å². The summed E-state index contributed by atoms with van der Waals surface area (Å²) in [6.45, 7) is 0.868. The summed E-state index contributed by atoms with van der Waals surface area (Å²) in [5, 5.41) is 5.73. The second-order valence-corrected chi connectivity index (χ2v) is 12.0. The number of amides is 1. The van der Waals surface area contributed by atoms with Crippen LogP contribution >= 0.6 is 0 Å². The summed E-state index contributed by atoms with van der Waals surface area (Å²) in [7, 11) is -3.33. The molecule has 2 aliphatic carbocycles. The van der Waals surface area contributed by atoms with Gasteiger partial charge in [0.2, 0.25) is 12.3 Å². The second-order valence-electron chi connectivity index (χ2n) is 9.89. The third-order valence-corrected chi connectivity index (χ3v) is 7.44. The minimum absolute atomic E-state index is 0.148. The minimum atomic E-state index is -5.25. The number of hydrogen-bond acceptors (Lipinski definition) is 5. The fourth-order valence-electron chi connectivity index (χ4n) is 4.68. The molecule has 0 aromatic carbocycles. The number of aromatic nitrogens is 3. The van der Waals surface area contributed by atoms with E-state index in [0.717, 1.165) is 18.5 Å². The molecule has 7 nitrogen and oxygen atoms in total. The van der Waals surface area contributed by atoms with Crippen LogP contribution in [0, 0.1) is 10.2 Å². The molecule has 0 bridgehead atoms. The zero-order chi connectivity index (χ0) is 26.9. The summed E-state index contributed by atoms with van der Waals surface area (Å²) in [4.78, 5) is 16.9. The molecule has 2 heterocycles. The van der Waals surface area contributed by atoms with Gasteiger partial charge in [0.1, 0.15) is 16.3 Å². The van der Waals surface area contributed by atoms with E-state index in [0.29, 0.717) is 4.68 Å². The van der Waals surface area contributed by atoms with E-state index in [1.165, 1.54) is 13.0 Å². The maximum atomic E-state index is 14.2. The average Bonchev–Trinajstić information content (AvgIpc) is 3.41. The lowest BCUT2D eigenvalue weighted by Gasteiger charge is -2.44. The van der Waals surface area contributed by atoms with E-state index >= 15 is 0 Å². The van der Waals surface area contributed by atoms with Crippen LogP contribution in [0.5, 0.6) is 0 Å². The van der Waals surface area contributed by atoms with Crippen molar-refractivity contribution in [3.8, 4) is 0 Å². The van der Waals surface area contributed by atoms with Crippen LogP contribution in [0.3, 0.4) is 0 Å². The molecule has 0 radical (unpaired) electrons. The van der Waals surface area contributed by atoms with Crippen molar-refractivity contribution in [1.29, 1.82) is 4.78 Å². The van der Waals surface area contributed by atoms with Gasteiger partial charge in [-0.15, -0.1) is 0 Å².